The molecule has 0 aliphatic rings. The number of anilines is 1. The molecular formula is C18H18BrN3O3S. The van der Waals surface area contributed by atoms with E-state index in [1.54, 1.807) is 42.5 Å². The number of primary amides is 1. The van der Waals surface area contributed by atoms with Gasteiger partial charge >= 0.3 is 0 Å². The molecule has 0 unspecified atom stereocenters. The average molecular weight is 436 g/mol. The zero-order valence-electron chi connectivity index (χ0n) is 14.0. The molecule has 0 aliphatic heterocycles. The smallest absolute Gasteiger partial charge is 0.257 e. The number of benzene rings is 2. The molecule has 2 rings (SSSR count). The predicted octanol–water partition coefficient (Wildman–Crippen LogP) is 3.46. The number of halogens is 1. The number of rotatable bonds is 6. The summed E-state index contributed by atoms with van der Waals surface area (Å²) in [5.74, 6) is -0.179. The van der Waals surface area contributed by atoms with Crippen molar-refractivity contribution in [2.75, 3.05) is 11.9 Å². The van der Waals surface area contributed by atoms with Gasteiger partial charge < -0.3 is 15.8 Å². The van der Waals surface area contributed by atoms with Gasteiger partial charge in [-0.2, -0.15) is 0 Å². The topological polar surface area (TPSA) is 93.4 Å². The maximum Gasteiger partial charge on any atom is 0.257 e. The largest absolute Gasteiger partial charge is 0.492 e. The number of nitrogens with two attached hydrogens (primary N) is 1. The van der Waals surface area contributed by atoms with Crippen molar-refractivity contribution >= 4 is 50.8 Å². The third-order valence-electron chi connectivity index (χ3n) is 3.31. The Morgan fingerprint density at radius 3 is 2.38 bits per heavy atom. The first-order chi connectivity index (χ1) is 12.4. The summed E-state index contributed by atoms with van der Waals surface area (Å²) in [5.41, 5.74) is 6.65. The molecule has 0 saturated carbocycles. The Labute approximate surface area is 165 Å². The highest BCUT2D eigenvalue weighted by molar-refractivity contribution is 9.10. The van der Waals surface area contributed by atoms with E-state index in [-0.39, 0.29) is 11.0 Å². The molecule has 0 bridgehead atoms. The molecule has 136 valence electrons. The van der Waals surface area contributed by atoms with Gasteiger partial charge in [-0.1, -0.05) is 6.92 Å². The minimum Gasteiger partial charge on any atom is -0.492 e. The van der Waals surface area contributed by atoms with Gasteiger partial charge in [0.05, 0.1) is 11.1 Å². The van der Waals surface area contributed by atoms with Gasteiger partial charge in [-0.3, -0.25) is 14.9 Å². The van der Waals surface area contributed by atoms with Crippen molar-refractivity contribution in [3.8, 4) is 5.75 Å². The molecule has 4 N–H and O–H groups in total. The van der Waals surface area contributed by atoms with E-state index in [4.69, 9.17) is 22.7 Å². The lowest BCUT2D eigenvalue weighted by Gasteiger charge is -2.11. The number of carbonyl (C=O) groups excluding carboxylic acids is 2. The number of hydrogen-bond donors (Lipinski definition) is 3. The lowest BCUT2D eigenvalue weighted by molar-refractivity contribution is 0.0975. The second kappa shape index (κ2) is 9.30. The Hall–Kier alpha value is -2.45. The molecule has 0 aromatic heterocycles. The molecule has 2 aromatic carbocycles. The van der Waals surface area contributed by atoms with E-state index < -0.39 is 5.91 Å². The maximum absolute atomic E-state index is 12.3. The van der Waals surface area contributed by atoms with Crippen molar-refractivity contribution < 1.29 is 14.3 Å². The van der Waals surface area contributed by atoms with Crippen molar-refractivity contribution in [1.29, 1.82) is 0 Å². The van der Waals surface area contributed by atoms with Crippen LogP contribution in [0.25, 0.3) is 0 Å². The minimum absolute atomic E-state index is 0.143. The summed E-state index contributed by atoms with van der Waals surface area (Å²) in [5, 5.41) is 5.62. The quantitative estimate of drug-likeness (QED) is 0.603. The van der Waals surface area contributed by atoms with Crippen LogP contribution in [-0.2, 0) is 0 Å². The molecule has 26 heavy (non-hydrogen) atoms. The maximum atomic E-state index is 12.3. The second-order valence-electron chi connectivity index (χ2n) is 5.34. The molecule has 0 radical (unpaired) electrons. The first-order valence-corrected chi connectivity index (χ1v) is 9.05. The Morgan fingerprint density at radius 1 is 1.15 bits per heavy atom. The first-order valence-electron chi connectivity index (χ1n) is 7.85. The molecule has 6 nitrogen and oxygen atoms in total. The number of amides is 2. The third-order valence-corrected chi connectivity index (χ3v) is 4.13. The van der Waals surface area contributed by atoms with Gasteiger partial charge in [-0.05, 0) is 77.0 Å². The van der Waals surface area contributed by atoms with Crippen LogP contribution in [0, 0.1) is 0 Å². The molecule has 2 aromatic rings. The van der Waals surface area contributed by atoms with Crippen molar-refractivity contribution in [2.45, 2.75) is 13.3 Å². The Bertz CT molecular complexity index is 825. The van der Waals surface area contributed by atoms with Gasteiger partial charge in [0, 0.05) is 16.8 Å². The molecular weight excluding hydrogens is 418 g/mol. The van der Waals surface area contributed by atoms with E-state index in [1.165, 1.54) is 0 Å². The molecule has 2 amide bonds. The third kappa shape index (κ3) is 5.53. The van der Waals surface area contributed by atoms with Crippen LogP contribution in [0.3, 0.4) is 0 Å². The van der Waals surface area contributed by atoms with Crippen molar-refractivity contribution in [1.82, 2.24) is 5.32 Å². The Morgan fingerprint density at radius 2 is 1.81 bits per heavy atom. The fourth-order valence-electron chi connectivity index (χ4n) is 2.03. The van der Waals surface area contributed by atoms with Gasteiger partial charge in [0.15, 0.2) is 5.11 Å². The normalized spacial score (nSPS) is 10.1. The van der Waals surface area contributed by atoms with Crippen LogP contribution in [0.15, 0.2) is 46.9 Å². The second-order valence-corrected chi connectivity index (χ2v) is 6.61. The van der Waals surface area contributed by atoms with E-state index in [9.17, 15) is 9.59 Å². The summed E-state index contributed by atoms with van der Waals surface area (Å²) < 4.78 is 6.25. The molecule has 0 saturated heterocycles. The summed E-state index contributed by atoms with van der Waals surface area (Å²) in [6.45, 7) is 2.62. The van der Waals surface area contributed by atoms with Crippen LogP contribution in [0.2, 0.25) is 0 Å². The van der Waals surface area contributed by atoms with Crippen LogP contribution >= 0.6 is 28.1 Å². The molecule has 0 heterocycles. The van der Waals surface area contributed by atoms with Gasteiger partial charge in [0.1, 0.15) is 5.75 Å². The zero-order valence-corrected chi connectivity index (χ0v) is 16.4. The van der Waals surface area contributed by atoms with E-state index >= 15 is 0 Å². The zero-order chi connectivity index (χ0) is 19.1. The average Bonchev–Trinajstić information content (AvgIpc) is 2.61. The standard InChI is InChI=1S/C18H18BrN3O3S/c1-2-9-25-15-8-5-12(10-14(15)19)17(24)22-18(26)21-13-6-3-11(4-7-13)16(20)23/h3-8,10H,2,9H2,1H3,(H2,20,23)(H2,21,22,24,26). The molecule has 8 heteroatoms. The number of carbonyl (C=O) groups is 2. The molecule has 0 atom stereocenters. The summed E-state index contributed by atoms with van der Waals surface area (Å²) >= 11 is 8.53. The van der Waals surface area contributed by atoms with Crippen molar-refractivity contribution in [2.24, 2.45) is 5.73 Å². The predicted molar refractivity (Wildman–Crippen MR) is 109 cm³/mol. The number of nitrogens with one attached hydrogen (secondary N) is 2. The highest BCUT2D eigenvalue weighted by Crippen LogP contribution is 2.26. The van der Waals surface area contributed by atoms with Crippen molar-refractivity contribution in [3.05, 3.63) is 58.1 Å². The SMILES string of the molecule is CCCOc1ccc(C(=O)NC(=S)Nc2ccc(C(N)=O)cc2)cc1Br. The van der Waals surface area contributed by atoms with Crippen LogP contribution in [-0.4, -0.2) is 23.5 Å². The van der Waals surface area contributed by atoms with E-state index in [0.29, 0.717) is 33.6 Å². The fraction of sp³-hybridized carbons (Fsp3) is 0.167. The minimum atomic E-state index is -0.510. The fourth-order valence-corrected chi connectivity index (χ4v) is 2.73. The summed E-state index contributed by atoms with van der Waals surface area (Å²) in [4.78, 5) is 23.4. The molecule has 0 spiro atoms. The number of thiocarbonyl (C=S) groups is 1. The van der Waals surface area contributed by atoms with Crippen LogP contribution < -0.4 is 21.1 Å². The van der Waals surface area contributed by atoms with Gasteiger partial charge in [-0.25, -0.2) is 0 Å². The molecule has 0 fully saturated rings. The number of ether oxygens (including phenoxy) is 1. The first kappa shape index (κ1) is 19.9. The highest BCUT2D eigenvalue weighted by atomic mass is 79.9. The summed E-state index contributed by atoms with van der Waals surface area (Å²) in [7, 11) is 0. The van der Waals surface area contributed by atoms with E-state index in [0.717, 1.165) is 6.42 Å². The molecule has 0 aliphatic carbocycles. The highest BCUT2D eigenvalue weighted by Gasteiger charge is 2.11. The Balaban J connectivity index is 1.97. The van der Waals surface area contributed by atoms with E-state index in [1.807, 2.05) is 6.92 Å². The summed E-state index contributed by atoms with van der Waals surface area (Å²) in [6, 6.07) is 11.5. The van der Waals surface area contributed by atoms with Crippen LogP contribution in [0.1, 0.15) is 34.1 Å². The number of hydrogen-bond acceptors (Lipinski definition) is 4. The monoisotopic (exact) mass is 435 g/mol. The lowest BCUT2D eigenvalue weighted by Crippen LogP contribution is -2.34. The van der Waals surface area contributed by atoms with Crippen LogP contribution in [0.5, 0.6) is 5.75 Å². The van der Waals surface area contributed by atoms with Gasteiger partial charge in [0.25, 0.3) is 5.91 Å². The lowest BCUT2D eigenvalue weighted by atomic mass is 10.2. The Kier molecular flexibility index (Phi) is 7.11. The van der Waals surface area contributed by atoms with Crippen molar-refractivity contribution in [3.63, 3.8) is 0 Å². The van der Waals surface area contributed by atoms with Gasteiger partial charge in [0.2, 0.25) is 5.91 Å². The summed E-state index contributed by atoms with van der Waals surface area (Å²) in [6.07, 6.45) is 0.898. The van der Waals surface area contributed by atoms with Gasteiger partial charge in [-0.15, -0.1) is 0 Å². The van der Waals surface area contributed by atoms with Crippen LogP contribution in [0.4, 0.5) is 5.69 Å². The van der Waals surface area contributed by atoms with E-state index in [2.05, 4.69) is 26.6 Å².